The van der Waals surface area contributed by atoms with Crippen molar-refractivity contribution in [3.8, 4) is 0 Å². The molecule has 2 aromatic rings. The standard InChI is InChI=1S/C12H14ClN3S2/c1-16(7-8-5-3-4-6-9(8)13)12-10(17-2)11(14)15-18-12/h3-6H,7H2,1-2H3,(H2,14,15). The maximum atomic E-state index is 6.17. The van der Waals surface area contributed by atoms with Crippen molar-refractivity contribution in [3.63, 3.8) is 0 Å². The van der Waals surface area contributed by atoms with E-state index >= 15 is 0 Å². The smallest absolute Gasteiger partial charge is 0.153 e. The van der Waals surface area contributed by atoms with E-state index in [-0.39, 0.29) is 0 Å². The van der Waals surface area contributed by atoms with Crippen molar-refractivity contribution in [2.24, 2.45) is 0 Å². The zero-order chi connectivity index (χ0) is 13.1. The number of benzene rings is 1. The predicted molar refractivity (Wildman–Crippen MR) is 81.9 cm³/mol. The van der Waals surface area contributed by atoms with E-state index in [1.54, 1.807) is 11.8 Å². The Kier molecular flexibility index (Phi) is 4.37. The summed E-state index contributed by atoms with van der Waals surface area (Å²) in [6, 6.07) is 7.86. The summed E-state index contributed by atoms with van der Waals surface area (Å²) in [5, 5.41) is 1.87. The molecule has 0 radical (unpaired) electrons. The van der Waals surface area contributed by atoms with Gasteiger partial charge in [-0.3, -0.25) is 0 Å². The van der Waals surface area contributed by atoms with Crippen molar-refractivity contribution in [3.05, 3.63) is 34.9 Å². The zero-order valence-electron chi connectivity index (χ0n) is 10.2. The molecule has 0 bridgehead atoms. The second-order valence-corrected chi connectivity index (χ2v) is 5.83. The van der Waals surface area contributed by atoms with Crippen LogP contribution >= 0.6 is 34.9 Å². The summed E-state index contributed by atoms with van der Waals surface area (Å²) in [5.41, 5.74) is 6.94. The van der Waals surface area contributed by atoms with E-state index in [9.17, 15) is 0 Å². The Morgan fingerprint density at radius 3 is 2.83 bits per heavy atom. The van der Waals surface area contributed by atoms with Gasteiger partial charge < -0.3 is 10.6 Å². The fraction of sp³-hybridized carbons (Fsp3) is 0.250. The molecule has 0 aliphatic carbocycles. The fourth-order valence-electron chi connectivity index (χ4n) is 1.67. The quantitative estimate of drug-likeness (QED) is 0.873. The molecule has 0 amide bonds. The number of nitrogens with two attached hydrogens (primary N) is 1. The SMILES string of the molecule is CSc1c(N)nsc1N(C)Cc1ccccc1Cl. The largest absolute Gasteiger partial charge is 0.382 e. The van der Waals surface area contributed by atoms with Gasteiger partial charge in [0, 0.05) is 18.6 Å². The van der Waals surface area contributed by atoms with Crippen LogP contribution in [0.15, 0.2) is 29.2 Å². The number of hydrogen-bond acceptors (Lipinski definition) is 5. The van der Waals surface area contributed by atoms with Crippen LogP contribution in [0.1, 0.15) is 5.56 Å². The van der Waals surface area contributed by atoms with Crippen molar-refractivity contribution in [1.29, 1.82) is 0 Å². The highest BCUT2D eigenvalue weighted by Crippen LogP contribution is 2.37. The third-order valence-corrected chi connectivity index (χ3v) is 4.86. The maximum Gasteiger partial charge on any atom is 0.153 e. The highest BCUT2D eigenvalue weighted by molar-refractivity contribution is 7.99. The van der Waals surface area contributed by atoms with Crippen LogP contribution in [0.4, 0.5) is 10.8 Å². The molecule has 18 heavy (non-hydrogen) atoms. The van der Waals surface area contributed by atoms with E-state index in [1.165, 1.54) is 11.5 Å². The monoisotopic (exact) mass is 299 g/mol. The number of anilines is 2. The molecule has 3 nitrogen and oxygen atoms in total. The Morgan fingerprint density at radius 1 is 1.44 bits per heavy atom. The average Bonchev–Trinajstić information content (AvgIpc) is 2.73. The Balaban J connectivity index is 2.22. The predicted octanol–water partition coefficient (Wildman–Crippen LogP) is 3.74. The summed E-state index contributed by atoms with van der Waals surface area (Å²) in [6.07, 6.45) is 2.01. The Hall–Kier alpha value is -0.910. The van der Waals surface area contributed by atoms with Crippen molar-refractivity contribution in [1.82, 2.24) is 4.37 Å². The summed E-state index contributed by atoms with van der Waals surface area (Å²) >= 11 is 9.21. The number of hydrogen-bond donors (Lipinski definition) is 1. The van der Waals surface area contributed by atoms with Gasteiger partial charge in [0.25, 0.3) is 0 Å². The molecule has 0 atom stereocenters. The van der Waals surface area contributed by atoms with E-state index in [4.69, 9.17) is 17.3 Å². The Morgan fingerprint density at radius 2 is 2.17 bits per heavy atom. The number of nitrogens with zero attached hydrogens (tertiary/aromatic N) is 2. The highest BCUT2D eigenvalue weighted by atomic mass is 35.5. The van der Waals surface area contributed by atoms with Crippen LogP contribution in [-0.4, -0.2) is 17.7 Å². The molecular formula is C12H14ClN3S2. The van der Waals surface area contributed by atoms with Crippen molar-refractivity contribution >= 4 is 45.7 Å². The highest BCUT2D eigenvalue weighted by Gasteiger charge is 2.15. The van der Waals surface area contributed by atoms with E-state index < -0.39 is 0 Å². The molecule has 2 rings (SSSR count). The van der Waals surface area contributed by atoms with Gasteiger partial charge in [-0.2, -0.15) is 4.37 Å². The van der Waals surface area contributed by atoms with Crippen molar-refractivity contribution in [2.45, 2.75) is 11.4 Å². The molecule has 0 aliphatic rings. The second kappa shape index (κ2) is 5.82. The molecule has 0 saturated heterocycles. The first-order chi connectivity index (χ1) is 8.63. The minimum atomic E-state index is 0.605. The molecule has 1 aromatic heterocycles. The first kappa shape index (κ1) is 13.5. The van der Waals surface area contributed by atoms with Crippen molar-refractivity contribution < 1.29 is 0 Å². The van der Waals surface area contributed by atoms with Crippen LogP contribution in [0.2, 0.25) is 5.02 Å². The lowest BCUT2D eigenvalue weighted by Gasteiger charge is -2.18. The summed E-state index contributed by atoms with van der Waals surface area (Å²) in [4.78, 5) is 3.16. The number of aromatic nitrogens is 1. The van der Waals surface area contributed by atoms with Gasteiger partial charge in [-0.05, 0) is 29.4 Å². The van der Waals surface area contributed by atoms with Gasteiger partial charge in [-0.1, -0.05) is 29.8 Å². The lowest BCUT2D eigenvalue weighted by atomic mass is 10.2. The molecule has 0 saturated carbocycles. The molecule has 0 unspecified atom stereocenters. The number of rotatable bonds is 4. The minimum Gasteiger partial charge on any atom is -0.382 e. The van der Waals surface area contributed by atoms with E-state index in [2.05, 4.69) is 9.27 Å². The first-order valence-corrected chi connectivity index (χ1v) is 7.74. The van der Waals surface area contributed by atoms with Crippen LogP contribution in [0.25, 0.3) is 0 Å². The van der Waals surface area contributed by atoms with E-state index in [0.29, 0.717) is 5.82 Å². The van der Waals surface area contributed by atoms with Crippen LogP contribution in [0.5, 0.6) is 0 Å². The fourth-order valence-corrected chi connectivity index (χ4v) is 3.54. The molecular weight excluding hydrogens is 286 g/mol. The third-order valence-electron chi connectivity index (χ3n) is 2.57. The van der Waals surface area contributed by atoms with Crippen LogP contribution in [-0.2, 0) is 6.54 Å². The van der Waals surface area contributed by atoms with Crippen LogP contribution in [0, 0.1) is 0 Å². The molecule has 1 aromatic carbocycles. The molecule has 0 fully saturated rings. The Bertz CT molecular complexity index is 542. The topological polar surface area (TPSA) is 42.1 Å². The zero-order valence-corrected chi connectivity index (χ0v) is 12.6. The molecule has 6 heteroatoms. The summed E-state index contributed by atoms with van der Waals surface area (Å²) in [6.45, 7) is 0.745. The lowest BCUT2D eigenvalue weighted by Crippen LogP contribution is -2.16. The average molecular weight is 300 g/mol. The molecule has 1 heterocycles. The van der Waals surface area contributed by atoms with Crippen LogP contribution < -0.4 is 10.6 Å². The summed E-state index contributed by atoms with van der Waals surface area (Å²) < 4.78 is 4.20. The Labute approximate surface area is 120 Å². The van der Waals surface area contributed by atoms with Gasteiger partial charge in [-0.25, -0.2) is 0 Å². The van der Waals surface area contributed by atoms with E-state index in [1.807, 2.05) is 37.6 Å². The number of nitrogen functional groups attached to an aromatic ring is 1. The lowest BCUT2D eigenvalue weighted by molar-refractivity contribution is 0.925. The van der Waals surface area contributed by atoms with Gasteiger partial charge in [0.2, 0.25) is 0 Å². The van der Waals surface area contributed by atoms with Crippen LogP contribution in [0.3, 0.4) is 0 Å². The summed E-state index contributed by atoms with van der Waals surface area (Å²) in [5.74, 6) is 0.605. The van der Waals surface area contributed by atoms with Gasteiger partial charge in [0.15, 0.2) is 5.82 Å². The van der Waals surface area contributed by atoms with Gasteiger partial charge in [0.1, 0.15) is 5.00 Å². The number of halogens is 1. The van der Waals surface area contributed by atoms with Gasteiger partial charge >= 0.3 is 0 Å². The third kappa shape index (κ3) is 2.74. The number of thioether (sulfide) groups is 1. The van der Waals surface area contributed by atoms with E-state index in [0.717, 1.165) is 27.0 Å². The van der Waals surface area contributed by atoms with Gasteiger partial charge in [-0.15, -0.1) is 11.8 Å². The second-order valence-electron chi connectivity index (χ2n) is 3.85. The van der Waals surface area contributed by atoms with Gasteiger partial charge in [0.05, 0.1) is 4.90 Å². The molecule has 2 N–H and O–H groups in total. The maximum absolute atomic E-state index is 6.17. The molecule has 96 valence electrons. The molecule has 0 aliphatic heterocycles. The minimum absolute atomic E-state index is 0.605. The summed E-state index contributed by atoms with van der Waals surface area (Å²) in [7, 11) is 2.02. The first-order valence-electron chi connectivity index (χ1n) is 5.37. The normalized spacial score (nSPS) is 10.6. The molecule has 0 spiro atoms. The van der Waals surface area contributed by atoms with Crippen molar-refractivity contribution in [2.75, 3.05) is 23.9 Å².